The average molecular weight is 719 g/mol. The van der Waals surface area contributed by atoms with Crippen molar-refractivity contribution >= 4 is 109 Å². The van der Waals surface area contributed by atoms with Crippen LogP contribution in [-0.4, -0.2) is 11.3 Å². The van der Waals surface area contributed by atoms with Crippen molar-refractivity contribution in [2.24, 2.45) is 0 Å². The molecular formula is C48H39BN2S2. The number of fused-ring (bicyclic) bond motifs is 13. The second kappa shape index (κ2) is 10.0. The molecule has 0 amide bonds. The summed E-state index contributed by atoms with van der Waals surface area (Å²) in [6.45, 7) is 14.5. The third kappa shape index (κ3) is 3.85. The lowest BCUT2D eigenvalue weighted by atomic mass is 9.45. The molecular weight excluding hydrogens is 679 g/mol. The van der Waals surface area contributed by atoms with Crippen molar-refractivity contribution in [3.8, 4) is 11.1 Å². The van der Waals surface area contributed by atoms with E-state index in [0.717, 1.165) is 0 Å². The SMILES string of the molecule is Cc1cc2c3c(c1)N(c1cc4c(cc1C)C(C)(C)CCC4(C)C)c1cc4c(cc1B3n1c3c-2cccc3c2sc3ccccc3c21)sc1ccccc14. The fraction of sp³-hybridized carbons (Fsp3) is 0.208. The minimum atomic E-state index is 0.0441. The van der Waals surface area contributed by atoms with Crippen molar-refractivity contribution in [1.29, 1.82) is 0 Å². The number of hydrogen-bond donors (Lipinski definition) is 0. The Labute approximate surface area is 318 Å². The fourth-order valence-electron chi connectivity index (χ4n) is 10.5. The summed E-state index contributed by atoms with van der Waals surface area (Å²) in [7, 11) is 0. The summed E-state index contributed by atoms with van der Waals surface area (Å²) < 4.78 is 8.22. The zero-order valence-corrected chi connectivity index (χ0v) is 32.7. The highest BCUT2D eigenvalue weighted by Crippen LogP contribution is 2.53. The smallest absolute Gasteiger partial charge is 0.333 e. The number of hydrogen-bond acceptors (Lipinski definition) is 3. The molecule has 256 valence electrons. The van der Waals surface area contributed by atoms with Gasteiger partial charge < -0.3 is 9.38 Å². The Bertz CT molecular complexity index is 3120. The Morgan fingerprint density at radius 3 is 2.06 bits per heavy atom. The molecule has 3 aliphatic rings. The van der Waals surface area contributed by atoms with Crippen LogP contribution < -0.4 is 15.8 Å². The first-order chi connectivity index (χ1) is 25.6. The molecule has 0 saturated carbocycles. The van der Waals surface area contributed by atoms with Gasteiger partial charge in [-0.15, -0.1) is 22.7 Å². The minimum Gasteiger partial charge on any atom is -0.374 e. The lowest BCUT2D eigenvalue weighted by molar-refractivity contribution is 0.332. The van der Waals surface area contributed by atoms with Gasteiger partial charge in [-0.3, -0.25) is 0 Å². The lowest BCUT2D eigenvalue weighted by Gasteiger charge is -2.44. The molecule has 5 heterocycles. The van der Waals surface area contributed by atoms with Gasteiger partial charge in [0.05, 0.1) is 10.2 Å². The van der Waals surface area contributed by atoms with Crippen LogP contribution in [0.5, 0.6) is 0 Å². The minimum absolute atomic E-state index is 0.0441. The highest BCUT2D eigenvalue weighted by molar-refractivity contribution is 7.27. The normalized spacial score (nSPS) is 16.6. The number of rotatable bonds is 1. The topological polar surface area (TPSA) is 8.17 Å². The predicted molar refractivity (Wildman–Crippen MR) is 233 cm³/mol. The van der Waals surface area contributed by atoms with Gasteiger partial charge in [-0.2, -0.15) is 0 Å². The molecule has 2 aliphatic heterocycles. The average Bonchev–Trinajstić information content (AvgIpc) is 3.81. The third-order valence-corrected chi connectivity index (χ3v) is 15.5. The summed E-state index contributed by atoms with van der Waals surface area (Å²) in [6.07, 6.45) is 2.41. The van der Waals surface area contributed by atoms with E-state index in [4.69, 9.17) is 0 Å². The molecule has 53 heavy (non-hydrogen) atoms. The molecule has 0 unspecified atom stereocenters. The number of anilines is 3. The summed E-state index contributed by atoms with van der Waals surface area (Å²) in [5.41, 5.74) is 18.1. The van der Waals surface area contributed by atoms with E-state index < -0.39 is 0 Å². The van der Waals surface area contributed by atoms with Gasteiger partial charge in [0.1, 0.15) is 0 Å². The predicted octanol–water partition coefficient (Wildman–Crippen LogP) is 12.8. The quantitative estimate of drug-likeness (QED) is 0.153. The molecule has 2 nitrogen and oxygen atoms in total. The number of para-hydroxylation sites is 1. The summed E-state index contributed by atoms with van der Waals surface area (Å²) in [6, 6.07) is 40.2. The van der Waals surface area contributed by atoms with Crippen LogP contribution in [0.2, 0.25) is 0 Å². The lowest BCUT2D eigenvalue weighted by Crippen LogP contribution is -2.56. The van der Waals surface area contributed by atoms with Gasteiger partial charge in [0.25, 0.3) is 0 Å². The highest BCUT2D eigenvalue weighted by atomic mass is 32.1. The molecule has 1 aliphatic carbocycles. The maximum atomic E-state index is 2.75. The number of thiophene rings is 2. The van der Waals surface area contributed by atoms with E-state index in [0.29, 0.717) is 0 Å². The zero-order chi connectivity index (χ0) is 35.7. The monoisotopic (exact) mass is 718 g/mol. The van der Waals surface area contributed by atoms with E-state index >= 15 is 0 Å². The standard InChI is InChI=1S/C48H39BN2S2/c1-26-20-33-29-14-11-15-31-44(29)51(45-30-13-8-10-17-41(30)53-46(31)45)49-36-25-42-32(28-12-7-9-16-40(28)52-42)23-38(36)50(39(21-26)43(33)49)37-24-35-34(22-27(37)2)47(3,4)18-19-48(35,5)6/h7-17,20-25H,18-19H2,1-6H3. The van der Waals surface area contributed by atoms with Crippen LogP contribution in [0.3, 0.4) is 0 Å². The van der Waals surface area contributed by atoms with Crippen molar-refractivity contribution in [2.75, 3.05) is 4.90 Å². The summed E-state index contributed by atoms with van der Waals surface area (Å²) in [5, 5.41) is 5.42. The number of aryl methyl sites for hydroxylation is 2. The van der Waals surface area contributed by atoms with E-state index in [2.05, 4.69) is 154 Å². The van der Waals surface area contributed by atoms with E-state index in [1.165, 1.54) is 126 Å². The van der Waals surface area contributed by atoms with Crippen LogP contribution in [0, 0.1) is 13.8 Å². The molecule has 5 heteroatoms. The molecule has 0 radical (unpaired) electrons. The van der Waals surface area contributed by atoms with Crippen LogP contribution in [0.4, 0.5) is 17.1 Å². The Hall–Kier alpha value is -4.84. The Kier molecular flexibility index (Phi) is 5.79. The Morgan fingerprint density at radius 1 is 0.566 bits per heavy atom. The maximum Gasteiger partial charge on any atom is 0.333 e. The highest BCUT2D eigenvalue weighted by Gasteiger charge is 2.45. The fourth-order valence-corrected chi connectivity index (χ4v) is 12.8. The van der Waals surface area contributed by atoms with Gasteiger partial charge in [-0.05, 0) is 113 Å². The third-order valence-electron chi connectivity index (χ3n) is 13.2. The first-order valence-corrected chi connectivity index (χ1v) is 20.7. The number of aromatic nitrogens is 1. The number of benzene rings is 6. The Balaban J connectivity index is 1.26. The van der Waals surface area contributed by atoms with Gasteiger partial charge >= 0.3 is 6.85 Å². The first-order valence-electron chi connectivity index (χ1n) is 19.1. The molecule has 9 aromatic rings. The molecule has 12 rings (SSSR count). The van der Waals surface area contributed by atoms with Crippen LogP contribution in [0.1, 0.15) is 62.8 Å². The summed E-state index contributed by atoms with van der Waals surface area (Å²) in [4.78, 5) is 2.67. The largest absolute Gasteiger partial charge is 0.374 e. The van der Waals surface area contributed by atoms with Gasteiger partial charge in [0, 0.05) is 63.8 Å². The van der Waals surface area contributed by atoms with Crippen molar-refractivity contribution < 1.29 is 0 Å². The molecule has 0 fully saturated rings. The van der Waals surface area contributed by atoms with E-state index in [1.807, 2.05) is 22.7 Å². The molecule has 6 aromatic carbocycles. The van der Waals surface area contributed by atoms with Crippen LogP contribution >= 0.6 is 22.7 Å². The molecule has 0 bridgehead atoms. The molecule has 3 aromatic heterocycles. The first kappa shape index (κ1) is 30.6. The second-order valence-electron chi connectivity index (χ2n) is 17.3. The van der Waals surface area contributed by atoms with Crippen LogP contribution in [-0.2, 0) is 10.8 Å². The van der Waals surface area contributed by atoms with Gasteiger partial charge in [0.15, 0.2) is 0 Å². The van der Waals surface area contributed by atoms with Gasteiger partial charge in [0.2, 0.25) is 0 Å². The second-order valence-corrected chi connectivity index (χ2v) is 19.4. The van der Waals surface area contributed by atoms with Crippen molar-refractivity contribution in [1.82, 2.24) is 4.48 Å². The molecule has 0 saturated heterocycles. The molecule has 0 N–H and O–H groups in total. The van der Waals surface area contributed by atoms with Crippen LogP contribution in [0.15, 0.2) is 103 Å². The zero-order valence-electron chi connectivity index (χ0n) is 31.0. The summed E-state index contributed by atoms with van der Waals surface area (Å²) >= 11 is 3.88. The van der Waals surface area contributed by atoms with Gasteiger partial charge in [-0.1, -0.05) is 94.4 Å². The van der Waals surface area contributed by atoms with Crippen molar-refractivity contribution in [3.63, 3.8) is 0 Å². The van der Waals surface area contributed by atoms with E-state index in [9.17, 15) is 0 Å². The number of nitrogens with zero attached hydrogens (tertiary/aromatic N) is 2. The van der Waals surface area contributed by atoms with Gasteiger partial charge in [-0.25, -0.2) is 0 Å². The summed E-state index contributed by atoms with van der Waals surface area (Å²) in [5.74, 6) is 0. The Morgan fingerprint density at radius 2 is 1.26 bits per heavy atom. The molecule has 0 spiro atoms. The van der Waals surface area contributed by atoms with Crippen molar-refractivity contribution in [2.45, 2.75) is 65.2 Å². The van der Waals surface area contributed by atoms with E-state index in [-0.39, 0.29) is 17.7 Å². The van der Waals surface area contributed by atoms with Crippen LogP contribution in [0.25, 0.3) is 62.5 Å². The van der Waals surface area contributed by atoms with Crippen molar-refractivity contribution in [3.05, 3.63) is 125 Å². The van der Waals surface area contributed by atoms with E-state index in [1.54, 1.807) is 0 Å². The molecule has 0 atom stereocenters. The maximum absolute atomic E-state index is 2.75.